The molecule has 3 aromatic rings. The molecule has 0 radical (unpaired) electrons. The lowest BCUT2D eigenvalue weighted by Gasteiger charge is -2.23. The fourth-order valence-corrected chi connectivity index (χ4v) is 3.04. The molecule has 130 valence electrons. The van der Waals surface area contributed by atoms with E-state index in [0.29, 0.717) is 22.4 Å². The first kappa shape index (κ1) is 17.2. The van der Waals surface area contributed by atoms with Crippen LogP contribution in [0.5, 0.6) is 0 Å². The van der Waals surface area contributed by atoms with Gasteiger partial charge in [0.25, 0.3) is 5.91 Å². The molecule has 0 aliphatic heterocycles. The molecule has 0 fully saturated rings. The second-order valence-electron chi connectivity index (χ2n) is 6.61. The number of hydrogen-bond donors (Lipinski definition) is 2. The van der Waals surface area contributed by atoms with E-state index >= 15 is 0 Å². The van der Waals surface area contributed by atoms with Crippen molar-refractivity contribution in [2.45, 2.75) is 33.3 Å². The van der Waals surface area contributed by atoms with Crippen molar-refractivity contribution in [1.29, 1.82) is 0 Å². The normalized spacial score (nSPS) is 13.6. The van der Waals surface area contributed by atoms with Gasteiger partial charge in [0.2, 0.25) is 0 Å². The number of benzene rings is 1. The molecule has 1 aromatic carbocycles. The first-order chi connectivity index (χ1) is 11.8. The number of aliphatic hydroxyl groups is 1. The Bertz CT molecular complexity index is 941. The SMILES string of the molecule is Cc1ccc2cccc(C(=O)NCC(C)(O)c3cc(C)oc3C)c2n1. The molecule has 3 rings (SSSR count). The summed E-state index contributed by atoms with van der Waals surface area (Å²) in [6.45, 7) is 7.26. The first-order valence-corrected chi connectivity index (χ1v) is 8.22. The van der Waals surface area contributed by atoms with Gasteiger partial charge in [-0.15, -0.1) is 0 Å². The van der Waals surface area contributed by atoms with E-state index in [1.54, 1.807) is 26.0 Å². The summed E-state index contributed by atoms with van der Waals surface area (Å²) in [6.07, 6.45) is 0. The van der Waals surface area contributed by atoms with Gasteiger partial charge in [0.15, 0.2) is 0 Å². The van der Waals surface area contributed by atoms with E-state index in [1.807, 2.05) is 38.1 Å². The zero-order valence-corrected chi connectivity index (χ0v) is 14.9. The highest BCUT2D eigenvalue weighted by molar-refractivity contribution is 6.05. The molecule has 0 saturated heterocycles. The number of fused-ring (bicyclic) bond motifs is 1. The summed E-state index contributed by atoms with van der Waals surface area (Å²) in [5.41, 5.74) is 1.47. The molecule has 0 spiro atoms. The number of amides is 1. The van der Waals surface area contributed by atoms with Gasteiger partial charge in [0.1, 0.15) is 17.1 Å². The summed E-state index contributed by atoms with van der Waals surface area (Å²) in [7, 11) is 0. The molecule has 0 aliphatic carbocycles. The molecule has 2 heterocycles. The standard InChI is InChI=1S/C20H22N2O3/c1-12-8-9-15-6-5-7-16(18(15)22-12)19(23)21-11-20(4,24)17-10-13(2)25-14(17)3/h5-10,24H,11H2,1-4H3,(H,21,23). The molecular formula is C20H22N2O3. The average molecular weight is 338 g/mol. The Morgan fingerprint density at radius 2 is 2.00 bits per heavy atom. The molecule has 5 nitrogen and oxygen atoms in total. The fraction of sp³-hybridized carbons (Fsp3) is 0.300. The van der Waals surface area contributed by atoms with Crippen LogP contribution in [0.4, 0.5) is 0 Å². The molecule has 0 aliphatic rings. The lowest BCUT2D eigenvalue weighted by atomic mass is 9.96. The Balaban J connectivity index is 1.83. The number of pyridine rings is 1. The monoisotopic (exact) mass is 338 g/mol. The first-order valence-electron chi connectivity index (χ1n) is 8.22. The highest BCUT2D eigenvalue weighted by Gasteiger charge is 2.28. The Labute approximate surface area is 146 Å². The third kappa shape index (κ3) is 3.42. The number of carbonyl (C=O) groups excluding carboxylic acids is 1. The number of nitrogens with one attached hydrogen (secondary N) is 1. The minimum atomic E-state index is -1.22. The van der Waals surface area contributed by atoms with E-state index in [4.69, 9.17) is 4.42 Å². The Morgan fingerprint density at radius 1 is 1.24 bits per heavy atom. The molecule has 0 saturated carbocycles. The van der Waals surface area contributed by atoms with Crippen molar-refractivity contribution >= 4 is 16.8 Å². The van der Waals surface area contributed by atoms with Gasteiger partial charge in [-0.05, 0) is 45.9 Å². The van der Waals surface area contributed by atoms with Crippen LogP contribution in [0.15, 0.2) is 40.8 Å². The van der Waals surface area contributed by atoms with Gasteiger partial charge in [-0.3, -0.25) is 9.78 Å². The summed E-state index contributed by atoms with van der Waals surface area (Å²) in [5.74, 6) is 1.12. The highest BCUT2D eigenvalue weighted by atomic mass is 16.3. The highest BCUT2D eigenvalue weighted by Crippen LogP contribution is 2.26. The van der Waals surface area contributed by atoms with E-state index < -0.39 is 5.60 Å². The zero-order valence-electron chi connectivity index (χ0n) is 14.9. The van der Waals surface area contributed by atoms with Gasteiger partial charge in [0, 0.05) is 16.6 Å². The number of rotatable bonds is 4. The number of aryl methyl sites for hydroxylation is 3. The van der Waals surface area contributed by atoms with Crippen molar-refractivity contribution in [1.82, 2.24) is 10.3 Å². The van der Waals surface area contributed by atoms with Crippen LogP contribution in [0, 0.1) is 20.8 Å². The lowest BCUT2D eigenvalue weighted by Crippen LogP contribution is -2.38. The smallest absolute Gasteiger partial charge is 0.253 e. The number of nitrogens with zero attached hydrogens (tertiary/aromatic N) is 1. The summed E-state index contributed by atoms with van der Waals surface area (Å²) in [5, 5.41) is 14.5. The van der Waals surface area contributed by atoms with Gasteiger partial charge in [-0.1, -0.05) is 18.2 Å². The van der Waals surface area contributed by atoms with Crippen LogP contribution in [0.3, 0.4) is 0 Å². The summed E-state index contributed by atoms with van der Waals surface area (Å²) in [6, 6.07) is 11.2. The maximum atomic E-state index is 12.7. The van der Waals surface area contributed by atoms with Gasteiger partial charge < -0.3 is 14.8 Å². The van der Waals surface area contributed by atoms with Crippen LogP contribution in [0.2, 0.25) is 0 Å². The molecular weight excluding hydrogens is 316 g/mol. The molecule has 2 aromatic heterocycles. The van der Waals surface area contributed by atoms with Crippen molar-refractivity contribution < 1.29 is 14.3 Å². The van der Waals surface area contributed by atoms with Crippen molar-refractivity contribution in [3.05, 3.63) is 64.7 Å². The van der Waals surface area contributed by atoms with Crippen molar-refractivity contribution in [3.63, 3.8) is 0 Å². The van der Waals surface area contributed by atoms with Crippen molar-refractivity contribution in [3.8, 4) is 0 Å². The molecule has 1 unspecified atom stereocenters. The van der Waals surface area contributed by atoms with Gasteiger partial charge in [-0.2, -0.15) is 0 Å². The fourth-order valence-electron chi connectivity index (χ4n) is 3.04. The maximum Gasteiger partial charge on any atom is 0.253 e. The zero-order chi connectivity index (χ0) is 18.2. The minimum absolute atomic E-state index is 0.0772. The molecule has 1 atom stereocenters. The summed E-state index contributed by atoms with van der Waals surface area (Å²) in [4.78, 5) is 17.1. The summed E-state index contributed by atoms with van der Waals surface area (Å²) >= 11 is 0. The average Bonchev–Trinajstić information content (AvgIpc) is 2.91. The number of carbonyl (C=O) groups is 1. The Morgan fingerprint density at radius 3 is 2.68 bits per heavy atom. The van der Waals surface area contributed by atoms with E-state index in [9.17, 15) is 9.90 Å². The lowest BCUT2D eigenvalue weighted by molar-refractivity contribution is 0.0514. The van der Waals surface area contributed by atoms with Crippen LogP contribution in [0.25, 0.3) is 10.9 Å². The predicted octanol–water partition coefficient (Wildman–Crippen LogP) is 3.39. The Kier molecular flexibility index (Phi) is 4.35. The van der Waals surface area contributed by atoms with Crippen LogP contribution < -0.4 is 5.32 Å². The quantitative estimate of drug-likeness (QED) is 0.764. The van der Waals surface area contributed by atoms with Gasteiger partial charge >= 0.3 is 0 Å². The number of hydrogen-bond acceptors (Lipinski definition) is 4. The number of furan rings is 1. The second kappa shape index (κ2) is 6.33. The van der Waals surface area contributed by atoms with Crippen LogP contribution in [-0.4, -0.2) is 22.5 Å². The Hall–Kier alpha value is -2.66. The minimum Gasteiger partial charge on any atom is -0.466 e. The molecule has 25 heavy (non-hydrogen) atoms. The number of aromatic nitrogens is 1. The third-order valence-electron chi connectivity index (χ3n) is 4.32. The number of para-hydroxylation sites is 1. The van der Waals surface area contributed by atoms with E-state index in [2.05, 4.69) is 10.3 Å². The van der Waals surface area contributed by atoms with Gasteiger partial charge in [-0.25, -0.2) is 0 Å². The van der Waals surface area contributed by atoms with Crippen molar-refractivity contribution in [2.24, 2.45) is 0 Å². The van der Waals surface area contributed by atoms with E-state index in [1.165, 1.54) is 0 Å². The maximum absolute atomic E-state index is 12.7. The van der Waals surface area contributed by atoms with E-state index in [-0.39, 0.29) is 12.5 Å². The predicted molar refractivity (Wildman–Crippen MR) is 96.6 cm³/mol. The van der Waals surface area contributed by atoms with Crippen LogP contribution in [0.1, 0.15) is 40.1 Å². The molecule has 0 bridgehead atoms. The second-order valence-corrected chi connectivity index (χ2v) is 6.61. The van der Waals surface area contributed by atoms with Crippen molar-refractivity contribution in [2.75, 3.05) is 6.54 Å². The molecule has 5 heteroatoms. The molecule has 1 amide bonds. The van der Waals surface area contributed by atoms with E-state index in [0.717, 1.165) is 16.8 Å². The van der Waals surface area contributed by atoms with Crippen LogP contribution in [-0.2, 0) is 5.60 Å². The van der Waals surface area contributed by atoms with Crippen LogP contribution >= 0.6 is 0 Å². The topological polar surface area (TPSA) is 75.4 Å². The third-order valence-corrected chi connectivity index (χ3v) is 4.32. The largest absolute Gasteiger partial charge is 0.466 e. The summed E-state index contributed by atoms with van der Waals surface area (Å²) < 4.78 is 5.48. The van der Waals surface area contributed by atoms with Gasteiger partial charge in [0.05, 0.1) is 17.6 Å². The molecule has 2 N–H and O–H groups in total.